The van der Waals surface area contributed by atoms with Gasteiger partial charge in [0.15, 0.2) is 0 Å². The van der Waals surface area contributed by atoms with Gasteiger partial charge in [-0.1, -0.05) is 56.0 Å². The van der Waals surface area contributed by atoms with Crippen molar-refractivity contribution in [2.45, 2.75) is 51.4 Å². The summed E-state index contributed by atoms with van der Waals surface area (Å²) < 4.78 is 0. The van der Waals surface area contributed by atoms with E-state index < -0.39 is 0 Å². The molecule has 4 nitrogen and oxygen atoms in total. The monoisotopic (exact) mass is 356 g/mol. The highest BCUT2D eigenvalue weighted by atomic mass is 16.2. The Kier molecular flexibility index (Phi) is 6.70. The van der Waals surface area contributed by atoms with Gasteiger partial charge in [-0.3, -0.25) is 9.59 Å². The molecule has 0 bridgehead atoms. The number of carbonyl (C=O) groups excluding carboxylic acids is 2. The van der Waals surface area contributed by atoms with Crippen molar-refractivity contribution >= 4 is 11.8 Å². The molecular weight excluding hydrogens is 324 g/mol. The lowest BCUT2D eigenvalue weighted by atomic mass is 9.99. The molecule has 1 aromatic rings. The van der Waals surface area contributed by atoms with Gasteiger partial charge in [-0.2, -0.15) is 0 Å². The van der Waals surface area contributed by atoms with E-state index in [9.17, 15) is 9.59 Å². The first-order valence-electron chi connectivity index (χ1n) is 10.2. The van der Waals surface area contributed by atoms with E-state index in [0.29, 0.717) is 18.9 Å². The molecule has 1 saturated carbocycles. The van der Waals surface area contributed by atoms with Gasteiger partial charge < -0.3 is 9.80 Å². The van der Waals surface area contributed by atoms with E-state index in [1.54, 1.807) is 4.90 Å². The minimum absolute atomic E-state index is 0.0742. The minimum atomic E-state index is 0.0742. The molecule has 1 aliphatic carbocycles. The van der Waals surface area contributed by atoms with E-state index in [2.05, 4.69) is 12.1 Å². The highest BCUT2D eigenvalue weighted by Crippen LogP contribution is 2.28. The molecule has 0 N–H and O–H groups in total. The van der Waals surface area contributed by atoms with Crippen LogP contribution in [0.2, 0.25) is 0 Å². The molecule has 1 saturated heterocycles. The standard InChI is InChI=1S/C22H32N2O2/c1-23(13-7-12-18-8-5-6-9-18)22(26)17-24-16-20(15-21(24)25)14-19-10-3-2-4-11-19/h2-4,10-11,18,20H,5-9,12-17H2,1H3/t20-/m0/s1. The Labute approximate surface area is 157 Å². The summed E-state index contributed by atoms with van der Waals surface area (Å²) in [4.78, 5) is 28.3. The highest BCUT2D eigenvalue weighted by molar-refractivity contribution is 5.86. The van der Waals surface area contributed by atoms with Gasteiger partial charge in [-0.15, -0.1) is 0 Å². The maximum Gasteiger partial charge on any atom is 0.241 e. The van der Waals surface area contributed by atoms with E-state index >= 15 is 0 Å². The topological polar surface area (TPSA) is 40.6 Å². The number of carbonyl (C=O) groups is 2. The number of hydrogen-bond acceptors (Lipinski definition) is 2. The lowest BCUT2D eigenvalue weighted by Crippen LogP contribution is -2.39. The van der Waals surface area contributed by atoms with E-state index in [-0.39, 0.29) is 18.4 Å². The molecule has 26 heavy (non-hydrogen) atoms. The zero-order valence-electron chi connectivity index (χ0n) is 16.0. The molecular formula is C22H32N2O2. The molecule has 1 aliphatic heterocycles. The molecule has 0 radical (unpaired) electrons. The Bertz CT molecular complexity index is 595. The zero-order chi connectivity index (χ0) is 18.4. The van der Waals surface area contributed by atoms with Crippen LogP contribution in [0.3, 0.4) is 0 Å². The maximum atomic E-state index is 12.5. The van der Waals surface area contributed by atoms with Crippen LogP contribution in [0, 0.1) is 11.8 Å². The van der Waals surface area contributed by atoms with Crippen LogP contribution in [0.5, 0.6) is 0 Å². The molecule has 2 fully saturated rings. The summed E-state index contributed by atoms with van der Waals surface area (Å²) in [7, 11) is 1.87. The van der Waals surface area contributed by atoms with Crippen LogP contribution in [0.15, 0.2) is 30.3 Å². The third kappa shape index (κ3) is 5.33. The maximum absolute atomic E-state index is 12.5. The molecule has 2 amide bonds. The van der Waals surface area contributed by atoms with Crippen molar-refractivity contribution in [2.75, 3.05) is 26.7 Å². The van der Waals surface area contributed by atoms with Crippen molar-refractivity contribution in [3.63, 3.8) is 0 Å². The Morgan fingerprint density at radius 3 is 2.62 bits per heavy atom. The average molecular weight is 357 g/mol. The summed E-state index contributed by atoms with van der Waals surface area (Å²) in [6, 6.07) is 10.3. The van der Waals surface area contributed by atoms with Crippen LogP contribution in [-0.4, -0.2) is 48.3 Å². The Morgan fingerprint density at radius 2 is 1.88 bits per heavy atom. The number of likely N-dealkylation sites (tertiary alicyclic amines) is 1. The molecule has 0 spiro atoms. The summed E-state index contributed by atoms with van der Waals surface area (Å²) in [5.41, 5.74) is 1.27. The summed E-state index contributed by atoms with van der Waals surface area (Å²) in [6.45, 7) is 1.75. The predicted molar refractivity (Wildman–Crippen MR) is 104 cm³/mol. The molecule has 1 atom stereocenters. The first-order chi connectivity index (χ1) is 12.6. The second-order valence-electron chi connectivity index (χ2n) is 8.14. The number of rotatable bonds is 8. The Morgan fingerprint density at radius 1 is 1.15 bits per heavy atom. The number of nitrogens with zero attached hydrogens (tertiary/aromatic N) is 2. The molecule has 142 valence electrons. The van der Waals surface area contributed by atoms with Gasteiger partial charge in [0.25, 0.3) is 0 Å². The van der Waals surface area contributed by atoms with Crippen LogP contribution in [0.4, 0.5) is 0 Å². The lowest BCUT2D eigenvalue weighted by molar-refractivity contribution is -0.137. The van der Waals surface area contributed by atoms with Crippen molar-refractivity contribution in [1.29, 1.82) is 0 Å². The highest BCUT2D eigenvalue weighted by Gasteiger charge is 2.31. The average Bonchev–Trinajstić information content (AvgIpc) is 3.26. The Hall–Kier alpha value is -1.84. The first kappa shape index (κ1) is 18.9. The van der Waals surface area contributed by atoms with Crippen LogP contribution >= 0.6 is 0 Å². The fourth-order valence-electron chi connectivity index (χ4n) is 4.42. The fraction of sp³-hybridized carbons (Fsp3) is 0.636. The van der Waals surface area contributed by atoms with E-state index in [0.717, 1.165) is 25.3 Å². The molecule has 1 heterocycles. The van der Waals surface area contributed by atoms with Crippen molar-refractivity contribution < 1.29 is 9.59 Å². The summed E-state index contributed by atoms with van der Waals surface area (Å²) in [5.74, 6) is 1.39. The summed E-state index contributed by atoms with van der Waals surface area (Å²) in [5, 5.41) is 0. The second-order valence-corrected chi connectivity index (χ2v) is 8.14. The lowest BCUT2D eigenvalue weighted by Gasteiger charge is -2.22. The number of benzene rings is 1. The normalized spacial score (nSPS) is 20.7. The van der Waals surface area contributed by atoms with Crippen molar-refractivity contribution in [1.82, 2.24) is 9.80 Å². The Balaban J connectivity index is 1.39. The molecule has 2 aliphatic rings. The third-order valence-electron chi connectivity index (χ3n) is 5.99. The number of amides is 2. The summed E-state index contributed by atoms with van der Waals surface area (Å²) >= 11 is 0. The molecule has 1 aromatic carbocycles. The van der Waals surface area contributed by atoms with E-state index in [1.165, 1.54) is 37.7 Å². The van der Waals surface area contributed by atoms with Gasteiger partial charge in [0.05, 0.1) is 6.54 Å². The van der Waals surface area contributed by atoms with Gasteiger partial charge >= 0.3 is 0 Å². The zero-order valence-corrected chi connectivity index (χ0v) is 16.0. The van der Waals surface area contributed by atoms with Gasteiger partial charge in [0, 0.05) is 26.6 Å². The van der Waals surface area contributed by atoms with Crippen molar-refractivity contribution in [2.24, 2.45) is 11.8 Å². The van der Waals surface area contributed by atoms with Gasteiger partial charge in [0.2, 0.25) is 11.8 Å². The van der Waals surface area contributed by atoms with Crippen molar-refractivity contribution in [3.05, 3.63) is 35.9 Å². The van der Waals surface area contributed by atoms with E-state index in [1.807, 2.05) is 30.1 Å². The predicted octanol–water partition coefficient (Wildman–Crippen LogP) is 3.51. The molecule has 3 rings (SSSR count). The molecule has 0 unspecified atom stereocenters. The quantitative estimate of drug-likeness (QED) is 0.715. The molecule has 4 heteroatoms. The fourth-order valence-corrected chi connectivity index (χ4v) is 4.42. The summed E-state index contributed by atoms with van der Waals surface area (Å²) in [6.07, 6.45) is 9.27. The van der Waals surface area contributed by atoms with Crippen molar-refractivity contribution in [3.8, 4) is 0 Å². The minimum Gasteiger partial charge on any atom is -0.344 e. The van der Waals surface area contributed by atoms with Crippen LogP contribution in [0.1, 0.15) is 50.5 Å². The number of likely N-dealkylation sites (N-methyl/N-ethyl adjacent to an activating group) is 1. The van der Waals surface area contributed by atoms with Crippen LogP contribution < -0.4 is 0 Å². The van der Waals surface area contributed by atoms with Gasteiger partial charge in [0.1, 0.15) is 0 Å². The number of hydrogen-bond donors (Lipinski definition) is 0. The van der Waals surface area contributed by atoms with Crippen LogP contribution in [-0.2, 0) is 16.0 Å². The smallest absolute Gasteiger partial charge is 0.241 e. The van der Waals surface area contributed by atoms with Crippen LogP contribution in [0.25, 0.3) is 0 Å². The van der Waals surface area contributed by atoms with E-state index in [4.69, 9.17) is 0 Å². The van der Waals surface area contributed by atoms with Gasteiger partial charge in [-0.05, 0) is 36.7 Å². The van der Waals surface area contributed by atoms with Gasteiger partial charge in [-0.25, -0.2) is 0 Å². The largest absolute Gasteiger partial charge is 0.344 e. The second kappa shape index (κ2) is 9.20. The molecule has 0 aromatic heterocycles. The SMILES string of the molecule is CN(CCCC1CCCC1)C(=O)CN1C[C@@H](Cc2ccccc2)CC1=O. The first-order valence-corrected chi connectivity index (χ1v) is 10.2. The third-order valence-corrected chi connectivity index (χ3v) is 5.99.